The number of rotatable bonds is 6. The molecule has 1 aromatic carbocycles. The van der Waals surface area contributed by atoms with Crippen molar-refractivity contribution < 1.29 is 4.79 Å². The highest BCUT2D eigenvalue weighted by Gasteiger charge is 2.16. The standard InChI is InChI=1S/C20H26N4O/c25-19(23-17-10-6-1-2-7-11-17)18-13-15-22-20(24-18)21-14-12-16-8-4-3-5-9-16/h3-5,8-9,13,15,17H,1-2,6-7,10-12,14H2,(H,23,25)(H,21,22,24). The monoisotopic (exact) mass is 338 g/mol. The molecule has 1 saturated carbocycles. The van der Waals surface area contributed by atoms with Crippen LogP contribution in [0.3, 0.4) is 0 Å². The van der Waals surface area contributed by atoms with Gasteiger partial charge in [-0.2, -0.15) is 0 Å². The molecular formula is C20H26N4O. The van der Waals surface area contributed by atoms with Crippen molar-refractivity contribution in [3.05, 3.63) is 53.9 Å². The molecule has 1 aliphatic carbocycles. The van der Waals surface area contributed by atoms with Crippen molar-refractivity contribution >= 4 is 11.9 Å². The number of benzene rings is 1. The highest BCUT2D eigenvalue weighted by Crippen LogP contribution is 2.17. The van der Waals surface area contributed by atoms with Crippen LogP contribution in [0.4, 0.5) is 5.95 Å². The van der Waals surface area contributed by atoms with Gasteiger partial charge in [-0.25, -0.2) is 9.97 Å². The summed E-state index contributed by atoms with van der Waals surface area (Å²) in [5.41, 5.74) is 1.69. The van der Waals surface area contributed by atoms with Crippen molar-refractivity contribution in [2.24, 2.45) is 0 Å². The Balaban J connectivity index is 1.52. The van der Waals surface area contributed by atoms with Gasteiger partial charge in [0.2, 0.25) is 5.95 Å². The second-order valence-electron chi connectivity index (χ2n) is 6.59. The average molecular weight is 338 g/mol. The SMILES string of the molecule is O=C(NC1CCCCCC1)c1ccnc(NCCc2ccccc2)n1. The van der Waals surface area contributed by atoms with E-state index in [1.165, 1.54) is 31.2 Å². The van der Waals surface area contributed by atoms with E-state index in [1.54, 1.807) is 12.3 Å². The zero-order valence-electron chi connectivity index (χ0n) is 14.6. The van der Waals surface area contributed by atoms with Crippen LogP contribution < -0.4 is 10.6 Å². The Hall–Kier alpha value is -2.43. The largest absolute Gasteiger partial charge is 0.354 e. The van der Waals surface area contributed by atoms with E-state index in [4.69, 9.17) is 0 Å². The number of nitrogens with one attached hydrogen (secondary N) is 2. The minimum Gasteiger partial charge on any atom is -0.354 e. The molecular weight excluding hydrogens is 312 g/mol. The molecule has 0 bridgehead atoms. The van der Waals surface area contributed by atoms with E-state index in [2.05, 4.69) is 32.7 Å². The molecule has 0 aliphatic heterocycles. The van der Waals surface area contributed by atoms with Gasteiger partial charge in [0.15, 0.2) is 0 Å². The third-order valence-electron chi connectivity index (χ3n) is 4.62. The van der Waals surface area contributed by atoms with Gasteiger partial charge in [-0.15, -0.1) is 0 Å². The molecule has 0 spiro atoms. The zero-order chi connectivity index (χ0) is 17.3. The van der Waals surface area contributed by atoms with Crippen molar-refractivity contribution in [1.82, 2.24) is 15.3 Å². The van der Waals surface area contributed by atoms with Crippen LogP contribution in [0.1, 0.15) is 54.6 Å². The Morgan fingerprint density at radius 2 is 1.80 bits per heavy atom. The van der Waals surface area contributed by atoms with Crippen molar-refractivity contribution in [1.29, 1.82) is 0 Å². The van der Waals surface area contributed by atoms with E-state index in [9.17, 15) is 4.79 Å². The number of carbonyl (C=O) groups is 1. The van der Waals surface area contributed by atoms with Gasteiger partial charge in [-0.3, -0.25) is 4.79 Å². The lowest BCUT2D eigenvalue weighted by molar-refractivity contribution is 0.0928. The molecule has 0 unspecified atom stereocenters. The Morgan fingerprint density at radius 3 is 2.56 bits per heavy atom. The van der Waals surface area contributed by atoms with E-state index < -0.39 is 0 Å². The normalized spacial score (nSPS) is 15.4. The maximum Gasteiger partial charge on any atom is 0.270 e. The first kappa shape index (κ1) is 17.4. The molecule has 132 valence electrons. The second kappa shape index (κ2) is 9.16. The third-order valence-corrected chi connectivity index (χ3v) is 4.62. The minimum atomic E-state index is -0.0968. The molecule has 1 fully saturated rings. The summed E-state index contributed by atoms with van der Waals surface area (Å²) in [4.78, 5) is 21.0. The summed E-state index contributed by atoms with van der Waals surface area (Å²) >= 11 is 0. The van der Waals surface area contributed by atoms with E-state index in [0.29, 0.717) is 11.6 Å². The van der Waals surface area contributed by atoms with Crippen LogP contribution >= 0.6 is 0 Å². The number of carbonyl (C=O) groups excluding carboxylic acids is 1. The number of nitrogens with zero attached hydrogens (tertiary/aromatic N) is 2. The molecule has 0 saturated heterocycles. The first-order valence-corrected chi connectivity index (χ1v) is 9.23. The van der Waals surface area contributed by atoms with Crippen LogP contribution in [-0.2, 0) is 6.42 Å². The molecule has 1 heterocycles. The predicted octanol–water partition coefficient (Wildman–Crippen LogP) is 3.58. The summed E-state index contributed by atoms with van der Waals surface area (Å²) in [7, 11) is 0. The van der Waals surface area contributed by atoms with Gasteiger partial charge >= 0.3 is 0 Å². The number of hydrogen-bond donors (Lipinski definition) is 2. The molecule has 1 amide bonds. The number of hydrogen-bond acceptors (Lipinski definition) is 4. The van der Waals surface area contributed by atoms with Gasteiger partial charge in [0.1, 0.15) is 5.69 Å². The Bertz CT molecular complexity index is 666. The van der Waals surface area contributed by atoms with Crippen LogP contribution in [-0.4, -0.2) is 28.5 Å². The van der Waals surface area contributed by atoms with Gasteiger partial charge < -0.3 is 10.6 Å². The van der Waals surface area contributed by atoms with Crippen molar-refractivity contribution in [2.45, 2.75) is 51.0 Å². The molecule has 5 nitrogen and oxygen atoms in total. The molecule has 0 radical (unpaired) electrons. The van der Waals surface area contributed by atoms with Gasteiger partial charge in [0.25, 0.3) is 5.91 Å². The Labute approximate surface area is 149 Å². The second-order valence-corrected chi connectivity index (χ2v) is 6.59. The summed E-state index contributed by atoms with van der Waals surface area (Å²) in [5.74, 6) is 0.407. The summed E-state index contributed by atoms with van der Waals surface area (Å²) in [6.45, 7) is 0.734. The highest BCUT2D eigenvalue weighted by atomic mass is 16.1. The molecule has 1 aromatic heterocycles. The first-order chi connectivity index (χ1) is 12.3. The van der Waals surface area contributed by atoms with Crippen molar-refractivity contribution in [3.63, 3.8) is 0 Å². The van der Waals surface area contributed by atoms with Gasteiger partial charge in [0.05, 0.1) is 0 Å². The average Bonchev–Trinajstić information content (AvgIpc) is 2.91. The van der Waals surface area contributed by atoms with Crippen LogP contribution in [0.25, 0.3) is 0 Å². The van der Waals surface area contributed by atoms with E-state index in [-0.39, 0.29) is 11.9 Å². The predicted molar refractivity (Wildman–Crippen MR) is 99.6 cm³/mol. The summed E-state index contributed by atoms with van der Waals surface area (Å²) in [6.07, 6.45) is 9.60. The third kappa shape index (κ3) is 5.55. The summed E-state index contributed by atoms with van der Waals surface area (Å²) in [5, 5.41) is 6.33. The fourth-order valence-electron chi connectivity index (χ4n) is 3.22. The minimum absolute atomic E-state index is 0.0968. The maximum atomic E-state index is 12.4. The number of anilines is 1. The lowest BCUT2D eigenvalue weighted by Gasteiger charge is -2.16. The topological polar surface area (TPSA) is 66.9 Å². The summed E-state index contributed by atoms with van der Waals surface area (Å²) in [6, 6.07) is 12.2. The van der Waals surface area contributed by atoms with Crippen LogP contribution in [0.15, 0.2) is 42.6 Å². The molecule has 0 atom stereocenters. The lowest BCUT2D eigenvalue weighted by atomic mass is 10.1. The molecule has 5 heteroatoms. The lowest BCUT2D eigenvalue weighted by Crippen LogP contribution is -2.35. The van der Waals surface area contributed by atoms with Crippen molar-refractivity contribution in [2.75, 3.05) is 11.9 Å². The van der Waals surface area contributed by atoms with Crippen LogP contribution in [0.5, 0.6) is 0 Å². The van der Waals surface area contributed by atoms with Gasteiger partial charge in [-0.1, -0.05) is 56.0 Å². The fourth-order valence-corrected chi connectivity index (χ4v) is 3.22. The number of amides is 1. The van der Waals surface area contributed by atoms with Crippen molar-refractivity contribution in [3.8, 4) is 0 Å². The van der Waals surface area contributed by atoms with Crippen LogP contribution in [0.2, 0.25) is 0 Å². The van der Waals surface area contributed by atoms with E-state index in [1.807, 2.05) is 18.2 Å². The quantitative estimate of drug-likeness (QED) is 0.790. The highest BCUT2D eigenvalue weighted by molar-refractivity contribution is 5.92. The molecule has 25 heavy (non-hydrogen) atoms. The molecule has 1 aliphatic rings. The summed E-state index contributed by atoms with van der Waals surface area (Å²) < 4.78 is 0. The molecule has 2 aromatic rings. The van der Waals surface area contributed by atoms with Crippen LogP contribution in [0, 0.1) is 0 Å². The smallest absolute Gasteiger partial charge is 0.270 e. The zero-order valence-corrected chi connectivity index (χ0v) is 14.6. The Kier molecular flexibility index (Phi) is 6.37. The fraction of sp³-hybridized carbons (Fsp3) is 0.450. The first-order valence-electron chi connectivity index (χ1n) is 9.23. The van der Waals surface area contributed by atoms with E-state index >= 15 is 0 Å². The van der Waals surface area contributed by atoms with Gasteiger partial charge in [-0.05, 0) is 30.9 Å². The molecule has 3 rings (SSSR count). The maximum absolute atomic E-state index is 12.4. The number of aromatic nitrogens is 2. The van der Waals surface area contributed by atoms with Gasteiger partial charge in [0, 0.05) is 18.8 Å². The Morgan fingerprint density at radius 1 is 1.04 bits per heavy atom. The van der Waals surface area contributed by atoms with E-state index in [0.717, 1.165) is 25.8 Å². The molecule has 2 N–H and O–H groups in total.